The predicted molar refractivity (Wildman–Crippen MR) is 229 cm³/mol. The molecular formula is C45H47Cl2N5O7. The van der Waals surface area contributed by atoms with Gasteiger partial charge < -0.3 is 38.1 Å². The smallest absolute Gasteiger partial charge is 0.352 e. The molecule has 3 aromatic carbocycles. The molecule has 1 amide bonds. The highest BCUT2D eigenvalue weighted by Crippen LogP contribution is 2.48. The molecule has 0 bridgehead atoms. The maximum absolute atomic E-state index is 15.5. The molecule has 14 heteroatoms. The fourth-order valence-electron chi connectivity index (χ4n) is 8.92. The van der Waals surface area contributed by atoms with Gasteiger partial charge in [0.25, 0.3) is 5.91 Å². The Bertz CT molecular complexity index is 2620. The van der Waals surface area contributed by atoms with Crippen LogP contribution in [0.15, 0.2) is 42.7 Å². The number of hydrogen-bond acceptors (Lipinski definition) is 8. The van der Waals surface area contributed by atoms with Gasteiger partial charge in [0, 0.05) is 70.6 Å². The van der Waals surface area contributed by atoms with Gasteiger partial charge in [-0.25, -0.2) is 14.8 Å². The van der Waals surface area contributed by atoms with Crippen molar-refractivity contribution in [3.8, 4) is 28.4 Å². The lowest BCUT2D eigenvalue weighted by atomic mass is 9.97. The number of benzene rings is 3. The Morgan fingerprint density at radius 2 is 1.71 bits per heavy atom. The lowest BCUT2D eigenvalue weighted by molar-refractivity contribution is 0.0670. The molecular weight excluding hydrogens is 793 g/mol. The molecule has 3 aromatic heterocycles. The Labute approximate surface area is 352 Å². The van der Waals surface area contributed by atoms with Crippen LogP contribution in [0.2, 0.25) is 10.0 Å². The maximum Gasteiger partial charge on any atom is 0.352 e. The number of amides is 1. The molecule has 2 aliphatic rings. The number of carboxylic acids is 1. The summed E-state index contributed by atoms with van der Waals surface area (Å²) in [5, 5.41) is 12.9. The topological polar surface area (TPSA) is 130 Å². The normalized spacial score (nSPS) is 16.6. The molecule has 1 saturated heterocycles. The molecule has 0 aliphatic carbocycles. The fourth-order valence-corrected chi connectivity index (χ4v) is 9.28. The van der Waals surface area contributed by atoms with E-state index >= 15 is 4.79 Å². The van der Waals surface area contributed by atoms with E-state index in [1.54, 1.807) is 35.0 Å². The zero-order valence-corrected chi connectivity index (χ0v) is 35.8. The second kappa shape index (κ2) is 16.0. The van der Waals surface area contributed by atoms with Gasteiger partial charge in [0.05, 0.1) is 41.6 Å². The van der Waals surface area contributed by atoms with Crippen LogP contribution in [0.4, 0.5) is 5.69 Å². The van der Waals surface area contributed by atoms with Crippen molar-refractivity contribution in [2.75, 3.05) is 38.4 Å². The van der Waals surface area contributed by atoms with E-state index in [4.69, 9.17) is 42.1 Å². The van der Waals surface area contributed by atoms with E-state index in [1.807, 2.05) is 52.0 Å². The van der Waals surface area contributed by atoms with Crippen molar-refractivity contribution in [3.63, 3.8) is 0 Å². The molecule has 308 valence electrons. The van der Waals surface area contributed by atoms with Gasteiger partial charge in [-0.1, -0.05) is 29.3 Å². The van der Waals surface area contributed by atoms with Crippen molar-refractivity contribution in [1.29, 1.82) is 0 Å². The SMILES string of the molecule is COc1c(OC[C@H]2CCCO2)cc(N2C[C@@H](C)n3c(c(CCCOc4cc(C)c(Cl)c(C)c4)c4ccc(Cl)c(-c5c(C)ncnc5C)c43)C2=O)c2c1cc(C(=O)O)n2C. The van der Waals surface area contributed by atoms with Crippen LogP contribution in [0, 0.1) is 27.7 Å². The van der Waals surface area contributed by atoms with Crippen LogP contribution in [0.3, 0.4) is 0 Å². The average Bonchev–Trinajstić information content (AvgIpc) is 3.93. The summed E-state index contributed by atoms with van der Waals surface area (Å²) in [6.07, 6.45) is 4.39. The van der Waals surface area contributed by atoms with E-state index in [9.17, 15) is 9.90 Å². The number of fused-ring (bicyclic) bond motifs is 4. The number of carbonyl (C=O) groups excluding carboxylic acids is 1. The lowest BCUT2D eigenvalue weighted by Crippen LogP contribution is -2.43. The number of ether oxygens (including phenoxy) is 4. The first-order chi connectivity index (χ1) is 28.3. The third-order valence-electron chi connectivity index (χ3n) is 11.7. The number of aryl methyl sites for hydroxylation is 6. The van der Waals surface area contributed by atoms with Crippen molar-refractivity contribution in [2.45, 2.75) is 72.4 Å². The zero-order chi connectivity index (χ0) is 41.9. The predicted octanol–water partition coefficient (Wildman–Crippen LogP) is 9.63. The van der Waals surface area contributed by atoms with Crippen LogP contribution in [-0.2, 0) is 18.2 Å². The molecule has 2 atom stereocenters. The van der Waals surface area contributed by atoms with Gasteiger partial charge in [-0.15, -0.1) is 0 Å². The van der Waals surface area contributed by atoms with Crippen molar-refractivity contribution < 1.29 is 33.6 Å². The van der Waals surface area contributed by atoms with Crippen molar-refractivity contribution in [3.05, 3.63) is 92.2 Å². The minimum atomic E-state index is -1.11. The van der Waals surface area contributed by atoms with Gasteiger partial charge >= 0.3 is 5.97 Å². The largest absolute Gasteiger partial charge is 0.494 e. The van der Waals surface area contributed by atoms with Crippen molar-refractivity contribution >= 4 is 62.6 Å². The monoisotopic (exact) mass is 839 g/mol. The number of aromatic nitrogens is 4. The standard InChI is InChI=1S/C45H47Cl2N5O7/c1-23-16-29(17-24(2)39(23)47)58-15-9-11-30-31-12-13-33(46)38(37-26(4)48-22-49-27(37)5)41(31)52-25(3)20-51(44(53)42(30)52)34-19-36(59-21-28-10-8-14-57-28)43(56-7)32-18-35(45(54)55)50(6)40(32)34/h12-13,16-19,22,25,28H,8-11,14-15,20-21H2,1-7H3,(H,54,55)/t25-,28-/m1/s1. The van der Waals surface area contributed by atoms with E-state index in [-0.39, 0.29) is 36.9 Å². The van der Waals surface area contributed by atoms with E-state index in [0.717, 1.165) is 73.7 Å². The molecule has 0 unspecified atom stereocenters. The summed E-state index contributed by atoms with van der Waals surface area (Å²) in [5.41, 5.74) is 8.33. The second-order valence-corrected chi connectivity index (χ2v) is 16.3. The summed E-state index contributed by atoms with van der Waals surface area (Å²) in [4.78, 5) is 38.9. The highest BCUT2D eigenvalue weighted by Gasteiger charge is 2.38. The first kappa shape index (κ1) is 40.5. The molecule has 8 rings (SSSR count). The van der Waals surface area contributed by atoms with Crippen LogP contribution < -0.4 is 19.1 Å². The number of methoxy groups -OCH3 is 1. The molecule has 5 heterocycles. The molecule has 0 spiro atoms. The molecule has 6 aromatic rings. The number of rotatable bonds is 12. The second-order valence-electron chi connectivity index (χ2n) is 15.6. The summed E-state index contributed by atoms with van der Waals surface area (Å²) in [7, 11) is 3.22. The maximum atomic E-state index is 15.5. The Morgan fingerprint density at radius 3 is 2.37 bits per heavy atom. The number of nitrogens with zero attached hydrogens (tertiary/aromatic N) is 5. The highest BCUT2D eigenvalue weighted by molar-refractivity contribution is 6.35. The Balaban J connectivity index is 1.29. The van der Waals surface area contributed by atoms with E-state index < -0.39 is 5.97 Å². The quantitative estimate of drug-likeness (QED) is 0.120. The van der Waals surface area contributed by atoms with Gasteiger partial charge in [-0.2, -0.15) is 0 Å². The van der Waals surface area contributed by atoms with Gasteiger partial charge in [0.1, 0.15) is 30.1 Å². The molecule has 0 saturated carbocycles. The fraction of sp³-hybridized carbons (Fsp3) is 0.378. The van der Waals surface area contributed by atoms with Gasteiger partial charge in [0.2, 0.25) is 0 Å². The van der Waals surface area contributed by atoms with E-state index in [2.05, 4.69) is 21.5 Å². The number of carbonyl (C=O) groups is 2. The number of anilines is 1. The summed E-state index contributed by atoms with van der Waals surface area (Å²) in [5.74, 6) is 0.170. The van der Waals surface area contributed by atoms with Crippen LogP contribution >= 0.6 is 23.2 Å². The van der Waals surface area contributed by atoms with Crippen molar-refractivity contribution in [2.24, 2.45) is 7.05 Å². The molecule has 1 fully saturated rings. The van der Waals surface area contributed by atoms with E-state index in [1.165, 1.54) is 7.11 Å². The number of halogens is 2. The number of hydrogen-bond donors (Lipinski definition) is 1. The molecule has 12 nitrogen and oxygen atoms in total. The molecule has 2 aliphatic heterocycles. The number of aromatic carboxylic acids is 1. The molecule has 1 N–H and O–H groups in total. The summed E-state index contributed by atoms with van der Waals surface area (Å²) < 4.78 is 28.1. The Morgan fingerprint density at radius 1 is 0.983 bits per heavy atom. The van der Waals surface area contributed by atoms with Gasteiger partial charge in [0.15, 0.2) is 11.5 Å². The first-order valence-corrected chi connectivity index (χ1v) is 20.6. The first-order valence-electron chi connectivity index (χ1n) is 19.8. The lowest BCUT2D eigenvalue weighted by Gasteiger charge is -2.35. The summed E-state index contributed by atoms with van der Waals surface area (Å²) in [6.45, 7) is 11.5. The summed E-state index contributed by atoms with van der Waals surface area (Å²) >= 11 is 13.6. The van der Waals surface area contributed by atoms with Crippen LogP contribution in [0.25, 0.3) is 32.9 Å². The minimum Gasteiger partial charge on any atom is -0.494 e. The van der Waals surface area contributed by atoms with Crippen molar-refractivity contribution in [1.82, 2.24) is 19.1 Å². The van der Waals surface area contributed by atoms with E-state index in [0.29, 0.717) is 64.9 Å². The Kier molecular flexibility index (Phi) is 11.0. The number of carboxylic acid groups (broad SMARTS) is 1. The zero-order valence-electron chi connectivity index (χ0n) is 34.2. The minimum absolute atomic E-state index is 0.0457. The summed E-state index contributed by atoms with van der Waals surface area (Å²) in [6, 6.07) is 10.8. The van der Waals surface area contributed by atoms with Gasteiger partial charge in [-0.05, 0) is 101 Å². The van der Waals surface area contributed by atoms with Crippen LogP contribution in [0.5, 0.6) is 17.2 Å². The third kappa shape index (κ3) is 7.04. The van der Waals surface area contributed by atoms with Gasteiger partial charge in [-0.3, -0.25) is 4.79 Å². The van der Waals surface area contributed by atoms with Crippen LogP contribution in [0.1, 0.15) is 81.3 Å². The molecule has 59 heavy (non-hydrogen) atoms. The third-order valence-corrected chi connectivity index (χ3v) is 12.6. The Hall–Kier alpha value is -5.30. The highest BCUT2D eigenvalue weighted by atomic mass is 35.5. The van der Waals surface area contributed by atoms with Crippen LogP contribution in [-0.4, -0.2) is 75.7 Å². The average molecular weight is 841 g/mol. The molecule has 0 radical (unpaired) electrons.